The van der Waals surface area contributed by atoms with Crippen molar-refractivity contribution in [3.05, 3.63) is 17.5 Å². The smallest absolute Gasteiger partial charge is 0.254 e. The number of nitrogens with one attached hydrogen (secondary N) is 1. The summed E-state index contributed by atoms with van der Waals surface area (Å²) in [6, 6.07) is 0. The molecule has 0 saturated carbocycles. The van der Waals surface area contributed by atoms with Crippen molar-refractivity contribution in [1.29, 1.82) is 0 Å². The first-order chi connectivity index (χ1) is 6.70. The van der Waals surface area contributed by atoms with E-state index in [4.69, 9.17) is 5.73 Å². The molecule has 1 heterocycles. The van der Waals surface area contributed by atoms with Gasteiger partial charge < -0.3 is 11.1 Å². The fraction of sp³-hybridized carbons (Fsp3) is 0.556. The molecule has 14 heavy (non-hydrogen) atoms. The molecule has 0 bridgehead atoms. The molecule has 0 saturated heterocycles. The van der Waals surface area contributed by atoms with Gasteiger partial charge in [-0.25, -0.2) is 0 Å². The summed E-state index contributed by atoms with van der Waals surface area (Å²) in [6.45, 7) is 5.59. The number of rotatable bonds is 4. The topological polar surface area (TPSA) is 72.9 Å². The van der Waals surface area contributed by atoms with Gasteiger partial charge in [0.15, 0.2) is 0 Å². The lowest BCUT2D eigenvalue weighted by Crippen LogP contribution is -2.29. The third-order valence-electron chi connectivity index (χ3n) is 2.08. The van der Waals surface area contributed by atoms with E-state index in [2.05, 4.69) is 10.4 Å². The molecule has 78 valence electrons. The van der Waals surface area contributed by atoms with Crippen molar-refractivity contribution in [3.8, 4) is 0 Å². The normalized spacial score (nSPS) is 10.2. The Labute approximate surface area is 83.3 Å². The predicted octanol–water partition coefficient (Wildman–Crippen LogP) is -0.100. The highest BCUT2D eigenvalue weighted by Gasteiger charge is 2.12. The van der Waals surface area contributed by atoms with Crippen LogP contribution in [0.3, 0.4) is 0 Å². The molecule has 0 unspecified atom stereocenters. The van der Waals surface area contributed by atoms with Crippen LogP contribution in [0.2, 0.25) is 0 Å². The molecule has 3 N–H and O–H groups in total. The van der Waals surface area contributed by atoms with Crippen LogP contribution in [0.25, 0.3) is 0 Å². The summed E-state index contributed by atoms with van der Waals surface area (Å²) in [5, 5.41) is 6.80. The Bertz CT molecular complexity index is 319. The minimum Gasteiger partial charge on any atom is -0.351 e. The molecule has 0 atom stereocenters. The summed E-state index contributed by atoms with van der Waals surface area (Å²) in [6.07, 6.45) is 1.59. The zero-order valence-corrected chi connectivity index (χ0v) is 8.58. The minimum atomic E-state index is -0.104. The predicted molar refractivity (Wildman–Crippen MR) is 54.0 cm³/mol. The van der Waals surface area contributed by atoms with Crippen molar-refractivity contribution in [2.24, 2.45) is 5.73 Å². The van der Waals surface area contributed by atoms with Gasteiger partial charge in [0.25, 0.3) is 5.91 Å². The number of carbonyl (C=O) groups is 1. The van der Waals surface area contributed by atoms with E-state index in [0.717, 1.165) is 12.2 Å². The van der Waals surface area contributed by atoms with Crippen LogP contribution in [0.15, 0.2) is 6.20 Å². The van der Waals surface area contributed by atoms with Gasteiger partial charge in [0.05, 0.1) is 11.8 Å². The maximum atomic E-state index is 11.5. The van der Waals surface area contributed by atoms with Gasteiger partial charge in [-0.3, -0.25) is 9.48 Å². The highest BCUT2D eigenvalue weighted by atomic mass is 16.1. The van der Waals surface area contributed by atoms with Crippen LogP contribution in [0.5, 0.6) is 0 Å². The number of amides is 1. The van der Waals surface area contributed by atoms with Gasteiger partial charge in [-0.05, 0) is 13.8 Å². The van der Waals surface area contributed by atoms with Crippen molar-refractivity contribution in [3.63, 3.8) is 0 Å². The second-order valence-electron chi connectivity index (χ2n) is 3.00. The standard InChI is InChI=1S/C9H16N4O/c1-3-13-7(2)8(6-12-13)9(14)11-5-4-10/h6H,3-5,10H2,1-2H3,(H,11,14). The number of carbonyl (C=O) groups excluding carboxylic acids is 1. The fourth-order valence-corrected chi connectivity index (χ4v) is 1.27. The summed E-state index contributed by atoms with van der Waals surface area (Å²) >= 11 is 0. The molecule has 0 aromatic carbocycles. The Hall–Kier alpha value is -1.36. The van der Waals surface area contributed by atoms with E-state index in [9.17, 15) is 4.79 Å². The van der Waals surface area contributed by atoms with Crippen LogP contribution < -0.4 is 11.1 Å². The van der Waals surface area contributed by atoms with Gasteiger partial charge in [-0.1, -0.05) is 0 Å². The first-order valence-electron chi connectivity index (χ1n) is 4.71. The van der Waals surface area contributed by atoms with Crippen molar-refractivity contribution >= 4 is 5.91 Å². The third-order valence-corrected chi connectivity index (χ3v) is 2.08. The Morgan fingerprint density at radius 1 is 1.71 bits per heavy atom. The van der Waals surface area contributed by atoms with Crippen LogP contribution in [-0.2, 0) is 6.54 Å². The molecule has 0 radical (unpaired) electrons. The van der Waals surface area contributed by atoms with Gasteiger partial charge in [0.1, 0.15) is 0 Å². The SMILES string of the molecule is CCn1ncc(C(=O)NCCN)c1C. The molecular formula is C9H16N4O. The molecule has 1 rings (SSSR count). The lowest BCUT2D eigenvalue weighted by molar-refractivity contribution is 0.0954. The van der Waals surface area contributed by atoms with E-state index in [1.54, 1.807) is 10.9 Å². The molecule has 1 aromatic heterocycles. The highest BCUT2D eigenvalue weighted by Crippen LogP contribution is 2.06. The van der Waals surface area contributed by atoms with Crippen LogP contribution >= 0.6 is 0 Å². The number of hydrogen-bond acceptors (Lipinski definition) is 3. The maximum Gasteiger partial charge on any atom is 0.254 e. The summed E-state index contributed by atoms with van der Waals surface area (Å²) in [5.41, 5.74) is 6.80. The number of hydrogen-bond donors (Lipinski definition) is 2. The zero-order chi connectivity index (χ0) is 10.6. The molecule has 0 aliphatic carbocycles. The monoisotopic (exact) mass is 196 g/mol. The van der Waals surface area contributed by atoms with Crippen LogP contribution in [0.1, 0.15) is 23.0 Å². The zero-order valence-electron chi connectivity index (χ0n) is 8.58. The second-order valence-corrected chi connectivity index (χ2v) is 3.00. The average Bonchev–Trinajstić information content (AvgIpc) is 2.56. The highest BCUT2D eigenvalue weighted by molar-refractivity contribution is 5.94. The van der Waals surface area contributed by atoms with E-state index in [-0.39, 0.29) is 5.91 Å². The van der Waals surface area contributed by atoms with Gasteiger partial charge in [0.2, 0.25) is 0 Å². The number of nitrogens with zero attached hydrogens (tertiary/aromatic N) is 2. The van der Waals surface area contributed by atoms with E-state index in [0.29, 0.717) is 18.7 Å². The molecular weight excluding hydrogens is 180 g/mol. The van der Waals surface area contributed by atoms with E-state index in [1.165, 1.54) is 0 Å². The van der Waals surface area contributed by atoms with E-state index < -0.39 is 0 Å². The molecule has 1 amide bonds. The molecule has 5 heteroatoms. The van der Waals surface area contributed by atoms with Crippen molar-refractivity contribution in [2.45, 2.75) is 20.4 Å². The van der Waals surface area contributed by atoms with Crippen molar-refractivity contribution in [2.75, 3.05) is 13.1 Å². The Morgan fingerprint density at radius 3 is 2.93 bits per heavy atom. The summed E-state index contributed by atoms with van der Waals surface area (Å²) in [4.78, 5) is 11.5. The lowest BCUT2D eigenvalue weighted by atomic mass is 10.2. The summed E-state index contributed by atoms with van der Waals surface area (Å²) in [5.74, 6) is -0.104. The Balaban J connectivity index is 2.75. The van der Waals surface area contributed by atoms with Gasteiger partial charge in [0, 0.05) is 25.3 Å². The van der Waals surface area contributed by atoms with Gasteiger partial charge in [-0.2, -0.15) is 5.10 Å². The largest absolute Gasteiger partial charge is 0.351 e. The van der Waals surface area contributed by atoms with Crippen LogP contribution in [-0.4, -0.2) is 28.8 Å². The summed E-state index contributed by atoms with van der Waals surface area (Å²) in [7, 11) is 0. The lowest BCUT2D eigenvalue weighted by Gasteiger charge is -2.03. The van der Waals surface area contributed by atoms with Gasteiger partial charge >= 0.3 is 0 Å². The molecule has 5 nitrogen and oxygen atoms in total. The first kappa shape index (κ1) is 10.7. The van der Waals surface area contributed by atoms with Crippen molar-refractivity contribution < 1.29 is 4.79 Å². The summed E-state index contributed by atoms with van der Waals surface area (Å²) < 4.78 is 1.79. The number of aromatic nitrogens is 2. The fourth-order valence-electron chi connectivity index (χ4n) is 1.27. The second kappa shape index (κ2) is 4.76. The molecule has 0 fully saturated rings. The number of aryl methyl sites for hydroxylation is 1. The Kier molecular flexibility index (Phi) is 3.64. The Morgan fingerprint density at radius 2 is 2.43 bits per heavy atom. The van der Waals surface area contributed by atoms with Gasteiger partial charge in [-0.15, -0.1) is 0 Å². The molecule has 0 aliphatic heterocycles. The van der Waals surface area contributed by atoms with E-state index in [1.807, 2.05) is 13.8 Å². The quantitative estimate of drug-likeness (QED) is 0.706. The van der Waals surface area contributed by atoms with Crippen LogP contribution in [0.4, 0.5) is 0 Å². The van der Waals surface area contributed by atoms with Crippen LogP contribution in [0, 0.1) is 6.92 Å². The average molecular weight is 196 g/mol. The number of nitrogens with two attached hydrogens (primary N) is 1. The maximum absolute atomic E-state index is 11.5. The minimum absolute atomic E-state index is 0.104. The molecule has 0 spiro atoms. The first-order valence-corrected chi connectivity index (χ1v) is 4.71. The third kappa shape index (κ3) is 2.11. The molecule has 1 aromatic rings. The van der Waals surface area contributed by atoms with E-state index >= 15 is 0 Å². The molecule has 0 aliphatic rings. The van der Waals surface area contributed by atoms with Crippen molar-refractivity contribution in [1.82, 2.24) is 15.1 Å².